The summed E-state index contributed by atoms with van der Waals surface area (Å²) >= 11 is 1.58. The van der Waals surface area contributed by atoms with Gasteiger partial charge in [0, 0.05) is 37.1 Å². The Morgan fingerprint density at radius 3 is 2.58 bits per heavy atom. The standard InChI is InChI=1S/C12H20F3N3S/c1-3-18(4-2)11-17-9-10(19-11)8-16-7-5-6-12(13,14)15/h9,16H,3-8H2,1-2H3. The molecule has 110 valence electrons. The molecule has 0 aromatic carbocycles. The number of hydrogen-bond acceptors (Lipinski definition) is 4. The quantitative estimate of drug-likeness (QED) is 0.745. The van der Waals surface area contributed by atoms with Gasteiger partial charge in [-0.25, -0.2) is 4.98 Å². The first-order chi connectivity index (χ1) is 8.96. The summed E-state index contributed by atoms with van der Waals surface area (Å²) in [5.74, 6) is 0. The van der Waals surface area contributed by atoms with Crippen LogP contribution in [0.5, 0.6) is 0 Å². The molecule has 7 heteroatoms. The molecule has 1 rings (SSSR count). The molecule has 0 aliphatic carbocycles. The highest BCUT2D eigenvalue weighted by atomic mass is 32.1. The lowest BCUT2D eigenvalue weighted by Crippen LogP contribution is -2.21. The number of rotatable bonds is 8. The molecule has 1 aromatic heterocycles. The van der Waals surface area contributed by atoms with Gasteiger partial charge in [-0.3, -0.25) is 0 Å². The summed E-state index contributed by atoms with van der Waals surface area (Å²) in [4.78, 5) is 7.52. The highest BCUT2D eigenvalue weighted by Gasteiger charge is 2.25. The lowest BCUT2D eigenvalue weighted by Gasteiger charge is -2.16. The number of alkyl halides is 3. The lowest BCUT2D eigenvalue weighted by molar-refractivity contribution is -0.135. The summed E-state index contributed by atoms with van der Waals surface area (Å²) < 4.78 is 35.8. The van der Waals surface area contributed by atoms with Gasteiger partial charge >= 0.3 is 6.18 Å². The van der Waals surface area contributed by atoms with Crippen molar-refractivity contribution in [1.82, 2.24) is 10.3 Å². The van der Waals surface area contributed by atoms with Crippen LogP contribution in [0.1, 0.15) is 31.6 Å². The second kappa shape index (κ2) is 7.69. The number of nitrogens with zero attached hydrogens (tertiary/aromatic N) is 2. The van der Waals surface area contributed by atoms with E-state index in [1.54, 1.807) is 17.5 Å². The molecule has 0 amide bonds. The zero-order chi connectivity index (χ0) is 14.3. The predicted molar refractivity (Wildman–Crippen MR) is 72.7 cm³/mol. The molecule has 0 aliphatic heterocycles. The van der Waals surface area contributed by atoms with E-state index in [9.17, 15) is 13.2 Å². The number of thiazole rings is 1. The van der Waals surface area contributed by atoms with Crippen LogP contribution in [0.25, 0.3) is 0 Å². The first kappa shape index (κ1) is 16.2. The maximum atomic E-state index is 11.9. The zero-order valence-electron chi connectivity index (χ0n) is 11.3. The fourth-order valence-electron chi connectivity index (χ4n) is 1.64. The Kier molecular flexibility index (Phi) is 6.57. The third-order valence-electron chi connectivity index (χ3n) is 2.69. The molecule has 0 atom stereocenters. The van der Waals surface area contributed by atoms with E-state index in [0.717, 1.165) is 23.1 Å². The van der Waals surface area contributed by atoms with Gasteiger partial charge in [-0.15, -0.1) is 11.3 Å². The van der Waals surface area contributed by atoms with Crippen LogP contribution < -0.4 is 10.2 Å². The van der Waals surface area contributed by atoms with Crippen LogP contribution in [0.15, 0.2) is 6.20 Å². The summed E-state index contributed by atoms with van der Waals surface area (Å²) in [6.07, 6.45) is -2.88. The number of nitrogens with one attached hydrogen (secondary N) is 1. The molecule has 3 nitrogen and oxygen atoms in total. The molecule has 0 fully saturated rings. The Labute approximate surface area is 115 Å². The lowest BCUT2D eigenvalue weighted by atomic mass is 10.3. The normalized spacial score (nSPS) is 11.8. The van der Waals surface area contributed by atoms with Crippen LogP contribution in [0.3, 0.4) is 0 Å². The van der Waals surface area contributed by atoms with Gasteiger partial charge in [-0.2, -0.15) is 13.2 Å². The van der Waals surface area contributed by atoms with Crippen molar-refractivity contribution < 1.29 is 13.2 Å². The molecule has 0 bridgehead atoms. The van der Waals surface area contributed by atoms with Crippen molar-refractivity contribution in [2.24, 2.45) is 0 Å². The summed E-state index contributed by atoms with van der Waals surface area (Å²) in [5, 5.41) is 3.98. The van der Waals surface area contributed by atoms with Crippen LogP contribution in [0, 0.1) is 0 Å². The maximum absolute atomic E-state index is 11.9. The minimum absolute atomic E-state index is 0.116. The predicted octanol–water partition coefficient (Wildman–Crippen LogP) is 3.42. The largest absolute Gasteiger partial charge is 0.389 e. The Bertz CT molecular complexity index is 361. The smallest absolute Gasteiger partial charge is 0.349 e. The number of aromatic nitrogens is 1. The molecule has 0 radical (unpaired) electrons. The van der Waals surface area contributed by atoms with Gasteiger partial charge in [-0.1, -0.05) is 0 Å². The first-order valence-corrected chi connectivity index (χ1v) is 7.25. The molecule has 0 spiro atoms. The number of halogens is 3. The summed E-state index contributed by atoms with van der Waals surface area (Å²) in [7, 11) is 0. The molecule has 0 saturated carbocycles. The van der Waals surface area contributed by atoms with E-state index in [4.69, 9.17) is 0 Å². The molecule has 1 heterocycles. The van der Waals surface area contributed by atoms with Crippen molar-refractivity contribution in [2.75, 3.05) is 24.5 Å². The van der Waals surface area contributed by atoms with Crippen molar-refractivity contribution in [3.05, 3.63) is 11.1 Å². The van der Waals surface area contributed by atoms with E-state index >= 15 is 0 Å². The van der Waals surface area contributed by atoms with Gasteiger partial charge in [0.2, 0.25) is 0 Å². The zero-order valence-corrected chi connectivity index (χ0v) is 12.1. The van der Waals surface area contributed by atoms with Crippen LogP contribution in [-0.2, 0) is 6.54 Å². The van der Waals surface area contributed by atoms with E-state index < -0.39 is 12.6 Å². The minimum Gasteiger partial charge on any atom is -0.349 e. The Morgan fingerprint density at radius 2 is 2.00 bits per heavy atom. The minimum atomic E-state index is -4.05. The van der Waals surface area contributed by atoms with Crippen molar-refractivity contribution in [1.29, 1.82) is 0 Å². The summed E-state index contributed by atoms with van der Waals surface area (Å²) in [6.45, 7) is 6.90. The van der Waals surface area contributed by atoms with E-state index in [0.29, 0.717) is 13.1 Å². The highest BCUT2D eigenvalue weighted by molar-refractivity contribution is 7.15. The van der Waals surface area contributed by atoms with E-state index in [1.165, 1.54) is 0 Å². The highest BCUT2D eigenvalue weighted by Crippen LogP contribution is 2.22. The molecular formula is C12H20F3N3S. The second-order valence-electron chi connectivity index (χ2n) is 4.18. The Balaban J connectivity index is 2.27. The van der Waals surface area contributed by atoms with Gasteiger partial charge in [0.1, 0.15) is 0 Å². The molecule has 1 aromatic rings. The SMILES string of the molecule is CCN(CC)c1ncc(CNCCCC(F)(F)F)s1. The second-order valence-corrected chi connectivity index (χ2v) is 5.27. The molecule has 1 N–H and O–H groups in total. The fourth-order valence-corrected chi connectivity index (χ4v) is 2.65. The summed E-state index contributed by atoms with van der Waals surface area (Å²) in [6, 6.07) is 0. The number of anilines is 1. The monoisotopic (exact) mass is 295 g/mol. The van der Waals surface area contributed by atoms with Crippen molar-refractivity contribution in [3.63, 3.8) is 0 Å². The van der Waals surface area contributed by atoms with Gasteiger partial charge in [0.15, 0.2) is 5.13 Å². The molecule has 0 unspecified atom stereocenters. The molecule has 19 heavy (non-hydrogen) atoms. The van der Waals surface area contributed by atoms with Crippen molar-refractivity contribution >= 4 is 16.5 Å². The molecule has 0 saturated heterocycles. The van der Waals surface area contributed by atoms with Crippen molar-refractivity contribution in [2.45, 2.75) is 39.4 Å². The molecule has 0 aliphatic rings. The fraction of sp³-hybridized carbons (Fsp3) is 0.750. The van der Waals surface area contributed by atoms with Crippen LogP contribution in [0.4, 0.5) is 18.3 Å². The average Bonchev–Trinajstić information content (AvgIpc) is 2.77. The van der Waals surface area contributed by atoms with Crippen molar-refractivity contribution in [3.8, 4) is 0 Å². The van der Waals surface area contributed by atoms with E-state index in [1.807, 2.05) is 0 Å². The van der Waals surface area contributed by atoms with E-state index in [-0.39, 0.29) is 6.42 Å². The van der Waals surface area contributed by atoms with Gasteiger partial charge < -0.3 is 10.2 Å². The van der Waals surface area contributed by atoms with Gasteiger partial charge in [0.25, 0.3) is 0 Å². The average molecular weight is 295 g/mol. The van der Waals surface area contributed by atoms with Crippen LogP contribution >= 0.6 is 11.3 Å². The van der Waals surface area contributed by atoms with Crippen LogP contribution in [-0.4, -0.2) is 30.8 Å². The van der Waals surface area contributed by atoms with Gasteiger partial charge in [-0.05, 0) is 26.8 Å². The third kappa shape index (κ3) is 6.24. The molecular weight excluding hydrogens is 275 g/mol. The first-order valence-electron chi connectivity index (χ1n) is 6.43. The number of hydrogen-bond donors (Lipinski definition) is 1. The van der Waals surface area contributed by atoms with Crippen LogP contribution in [0.2, 0.25) is 0 Å². The van der Waals surface area contributed by atoms with E-state index in [2.05, 4.69) is 29.0 Å². The Hall–Kier alpha value is -0.820. The third-order valence-corrected chi connectivity index (χ3v) is 3.75. The topological polar surface area (TPSA) is 28.2 Å². The summed E-state index contributed by atoms with van der Waals surface area (Å²) in [5.41, 5.74) is 0. The van der Waals surface area contributed by atoms with Gasteiger partial charge in [0.05, 0.1) is 0 Å². The Morgan fingerprint density at radius 1 is 1.32 bits per heavy atom. The maximum Gasteiger partial charge on any atom is 0.389 e.